The zero-order valence-electron chi connectivity index (χ0n) is 15.0. The van der Waals surface area contributed by atoms with Crippen molar-refractivity contribution in [2.75, 3.05) is 5.32 Å². The van der Waals surface area contributed by atoms with Crippen LogP contribution in [0.1, 0.15) is 5.82 Å². The van der Waals surface area contributed by atoms with E-state index in [2.05, 4.69) is 20.8 Å². The molecule has 0 aliphatic rings. The van der Waals surface area contributed by atoms with Gasteiger partial charge in [-0.1, -0.05) is 48.5 Å². The van der Waals surface area contributed by atoms with Crippen molar-refractivity contribution < 1.29 is 9.72 Å². The topological polar surface area (TPSA) is 116 Å². The molecule has 0 bridgehead atoms. The van der Waals surface area contributed by atoms with Gasteiger partial charge in [0, 0.05) is 17.5 Å². The molecular weight excluding hydrogens is 372 g/mol. The van der Waals surface area contributed by atoms with Gasteiger partial charge in [-0.3, -0.25) is 14.9 Å². The molecule has 1 N–H and O–H groups in total. The molecule has 4 aromatic rings. The molecule has 0 spiro atoms. The van der Waals surface area contributed by atoms with Crippen molar-refractivity contribution in [3.8, 4) is 5.69 Å². The third-order valence-electron chi connectivity index (χ3n) is 4.23. The highest BCUT2D eigenvalue weighted by molar-refractivity contribution is 6.03. The summed E-state index contributed by atoms with van der Waals surface area (Å²) in [4.78, 5) is 22.8. The molecule has 0 radical (unpaired) electrons. The zero-order valence-corrected chi connectivity index (χ0v) is 15.0. The minimum atomic E-state index is -0.555. The van der Waals surface area contributed by atoms with Gasteiger partial charge in [0.2, 0.25) is 5.91 Å². The van der Waals surface area contributed by atoms with Gasteiger partial charge in [-0.05, 0) is 34.0 Å². The van der Waals surface area contributed by atoms with Crippen molar-refractivity contribution in [2.24, 2.45) is 0 Å². The first-order chi connectivity index (χ1) is 14.1. The van der Waals surface area contributed by atoms with Crippen LogP contribution in [0.3, 0.4) is 0 Å². The van der Waals surface area contributed by atoms with Crippen LogP contribution in [0.4, 0.5) is 11.4 Å². The largest absolute Gasteiger partial charge is 0.317 e. The smallest absolute Gasteiger partial charge is 0.292 e. The number of para-hydroxylation sites is 2. The second-order valence-corrected chi connectivity index (χ2v) is 6.04. The fourth-order valence-electron chi connectivity index (χ4n) is 2.93. The molecule has 9 nitrogen and oxygen atoms in total. The maximum absolute atomic E-state index is 12.2. The van der Waals surface area contributed by atoms with Gasteiger partial charge in [0.25, 0.3) is 5.69 Å². The number of hydrogen-bond acceptors (Lipinski definition) is 6. The van der Waals surface area contributed by atoms with Gasteiger partial charge in [0.1, 0.15) is 5.69 Å². The molecule has 0 aliphatic heterocycles. The first-order valence-electron chi connectivity index (χ1n) is 8.62. The lowest BCUT2D eigenvalue weighted by atomic mass is 10.1. The summed E-state index contributed by atoms with van der Waals surface area (Å²) in [7, 11) is 0. The lowest BCUT2D eigenvalue weighted by molar-refractivity contribution is -0.383. The van der Waals surface area contributed by atoms with Crippen LogP contribution in [0.5, 0.6) is 0 Å². The zero-order chi connectivity index (χ0) is 20.2. The molecule has 0 saturated heterocycles. The Bertz CT molecular complexity index is 1240. The molecule has 9 heteroatoms. The molecule has 0 saturated carbocycles. The third-order valence-corrected chi connectivity index (χ3v) is 4.23. The molecule has 1 amide bonds. The Kier molecular flexibility index (Phi) is 4.77. The first kappa shape index (κ1) is 18.0. The molecule has 29 heavy (non-hydrogen) atoms. The van der Waals surface area contributed by atoms with Crippen molar-refractivity contribution in [2.45, 2.75) is 0 Å². The van der Waals surface area contributed by atoms with E-state index in [-0.39, 0.29) is 11.4 Å². The van der Waals surface area contributed by atoms with Crippen LogP contribution in [-0.4, -0.2) is 31.0 Å². The van der Waals surface area contributed by atoms with Gasteiger partial charge < -0.3 is 5.32 Å². The minimum Gasteiger partial charge on any atom is -0.317 e. The quantitative estimate of drug-likeness (QED) is 0.319. The number of carbonyl (C=O) groups excluding carboxylic acids is 1. The van der Waals surface area contributed by atoms with Gasteiger partial charge in [0.15, 0.2) is 5.82 Å². The molecule has 0 unspecified atom stereocenters. The average molecular weight is 386 g/mol. The molecule has 0 atom stereocenters. The van der Waals surface area contributed by atoms with E-state index in [1.165, 1.54) is 35.0 Å². The number of nitro benzene ring substituents is 1. The molecule has 3 aromatic carbocycles. The number of fused-ring (bicyclic) bond motifs is 1. The maximum atomic E-state index is 12.2. The minimum absolute atomic E-state index is 0.112. The summed E-state index contributed by atoms with van der Waals surface area (Å²) in [5, 5.41) is 27.2. The summed E-state index contributed by atoms with van der Waals surface area (Å²) in [5.74, 6) is -0.189. The molecular formula is C20H14N6O3. The summed E-state index contributed by atoms with van der Waals surface area (Å²) in [6.45, 7) is 0. The monoisotopic (exact) mass is 386 g/mol. The lowest BCUT2D eigenvalue weighted by Crippen LogP contribution is -2.10. The second kappa shape index (κ2) is 7.69. The molecule has 0 aliphatic carbocycles. The molecule has 0 fully saturated rings. The van der Waals surface area contributed by atoms with Crippen molar-refractivity contribution in [1.82, 2.24) is 20.2 Å². The first-order valence-corrected chi connectivity index (χ1v) is 8.62. The molecule has 4 rings (SSSR count). The van der Waals surface area contributed by atoms with E-state index < -0.39 is 10.8 Å². The van der Waals surface area contributed by atoms with Crippen molar-refractivity contribution in [3.05, 3.63) is 88.7 Å². The van der Waals surface area contributed by atoms with Crippen molar-refractivity contribution >= 4 is 34.1 Å². The second-order valence-electron chi connectivity index (χ2n) is 6.04. The summed E-state index contributed by atoms with van der Waals surface area (Å²) in [6, 6.07) is 19.5. The SMILES string of the molecule is O=C(/C=C/c1nnnn1-c1cccc2ccccc12)Nc1ccccc1[N+](=O)[O-]. The van der Waals surface area contributed by atoms with Crippen molar-refractivity contribution in [3.63, 3.8) is 0 Å². The normalized spacial score (nSPS) is 11.0. The number of carbonyl (C=O) groups is 1. The van der Waals surface area contributed by atoms with E-state index in [9.17, 15) is 14.9 Å². The van der Waals surface area contributed by atoms with Crippen LogP contribution < -0.4 is 5.32 Å². The number of amides is 1. The lowest BCUT2D eigenvalue weighted by Gasteiger charge is -2.06. The summed E-state index contributed by atoms with van der Waals surface area (Å²) < 4.78 is 1.52. The number of hydrogen-bond donors (Lipinski definition) is 1. The number of nitro groups is 1. The third kappa shape index (κ3) is 3.69. The van der Waals surface area contributed by atoms with Crippen molar-refractivity contribution in [1.29, 1.82) is 0 Å². The summed E-state index contributed by atoms with van der Waals surface area (Å²) in [6.07, 6.45) is 2.68. The Hall–Kier alpha value is -4.40. The average Bonchev–Trinajstić information content (AvgIpc) is 3.20. The van der Waals surface area contributed by atoms with E-state index in [0.29, 0.717) is 5.82 Å². The summed E-state index contributed by atoms with van der Waals surface area (Å²) in [5.41, 5.74) is 0.697. The summed E-state index contributed by atoms with van der Waals surface area (Å²) >= 11 is 0. The van der Waals surface area contributed by atoms with Gasteiger partial charge in [-0.2, -0.15) is 4.68 Å². The molecule has 1 heterocycles. The van der Waals surface area contributed by atoms with E-state index >= 15 is 0 Å². The number of nitrogens with one attached hydrogen (secondary N) is 1. The van der Waals surface area contributed by atoms with E-state index in [0.717, 1.165) is 16.5 Å². The predicted molar refractivity (Wildman–Crippen MR) is 107 cm³/mol. The Morgan fingerprint density at radius 2 is 1.79 bits per heavy atom. The Morgan fingerprint density at radius 3 is 2.66 bits per heavy atom. The van der Waals surface area contributed by atoms with Gasteiger partial charge >= 0.3 is 0 Å². The van der Waals surface area contributed by atoms with Gasteiger partial charge in [-0.15, -0.1) is 5.10 Å². The van der Waals surface area contributed by atoms with E-state index in [4.69, 9.17) is 0 Å². The highest BCUT2D eigenvalue weighted by atomic mass is 16.6. The number of tetrazole rings is 1. The Labute approximate surface area is 164 Å². The number of rotatable bonds is 5. The fraction of sp³-hybridized carbons (Fsp3) is 0. The number of anilines is 1. The van der Waals surface area contributed by atoms with Crippen LogP contribution in [0, 0.1) is 10.1 Å². The van der Waals surface area contributed by atoms with Gasteiger partial charge in [0.05, 0.1) is 10.6 Å². The highest BCUT2D eigenvalue weighted by Gasteiger charge is 2.14. The highest BCUT2D eigenvalue weighted by Crippen LogP contribution is 2.24. The van der Waals surface area contributed by atoms with Crippen LogP contribution in [0.15, 0.2) is 72.8 Å². The molecule has 142 valence electrons. The maximum Gasteiger partial charge on any atom is 0.292 e. The Balaban J connectivity index is 1.60. The number of benzene rings is 3. The standard InChI is InChI=1S/C20H14N6O3/c27-20(21-16-9-3-4-10-18(16)26(28)29)13-12-19-22-23-24-25(19)17-11-5-7-14-6-1-2-8-15(14)17/h1-13H,(H,21,27)/b13-12+. The number of nitrogens with zero attached hydrogens (tertiary/aromatic N) is 5. The molecule has 1 aromatic heterocycles. The van der Waals surface area contributed by atoms with Crippen LogP contribution in [-0.2, 0) is 4.79 Å². The number of aromatic nitrogens is 4. The van der Waals surface area contributed by atoms with E-state index in [1.807, 2.05) is 42.5 Å². The van der Waals surface area contributed by atoms with E-state index in [1.54, 1.807) is 6.07 Å². The van der Waals surface area contributed by atoms with Crippen LogP contribution >= 0.6 is 0 Å². The Morgan fingerprint density at radius 1 is 1.03 bits per heavy atom. The van der Waals surface area contributed by atoms with Gasteiger partial charge in [-0.25, -0.2) is 0 Å². The van der Waals surface area contributed by atoms with Crippen LogP contribution in [0.2, 0.25) is 0 Å². The predicted octanol–water partition coefficient (Wildman–Crippen LogP) is 3.38. The fourth-order valence-corrected chi connectivity index (χ4v) is 2.93. The van der Waals surface area contributed by atoms with Crippen LogP contribution in [0.25, 0.3) is 22.5 Å².